The van der Waals surface area contributed by atoms with Crippen molar-refractivity contribution in [3.8, 4) is 0 Å². The molecule has 1 aromatic rings. The van der Waals surface area contributed by atoms with Gasteiger partial charge in [-0.1, -0.05) is 6.42 Å². The van der Waals surface area contributed by atoms with Crippen molar-refractivity contribution in [3.05, 3.63) is 17.5 Å². The molecule has 1 aromatic heterocycles. The molecular formula is C11H14N2. The van der Waals surface area contributed by atoms with Gasteiger partial charge in [0.25, 0.3) is 0 Å². The molecular weight excluding hydrogens is 160 g/mol. The second kappa shape index (κ2) is 1.99. The van der Waals surface area contributed by atoms with Crippen LogP contribution in [0.3, 0.4) is 0 Å². The SMILES string of the molecule is c1n[nH]c2c1[C@H]1C[C@@H]2[C@@H]2CCC[C@@H]21. The van der Waals surface area contributed by atoms with Gasteiger partial charge in [0.05, 0.1) is 6.20 Å². The molecule has 4 rings (SSSR count). The van der Waals surface area contributed by atoms with E-state index in [2.05, 4.69) is 16.4 Å². The molecule has 2 fully saturated rings. The second-order valence-corrected chi connectivity index (χ2v) is 4.95. The molecule has 3 aliphatic rings. The molecule has 4 atom stereocenters. The zero-order valence-corrected chi connectivity index (χ0v) is 7.66. The van der Waals surface area contributed by atoms with Crippen LogP contribution in [0.15, 0.2) is 6.20 Å². The number of nitrogens with zero attached hydrogens (tertiary/aromatic N) is 1. The fraction of sp³-hybridized carbons (Fsp3) is 0.727. The molecule has 2 nitrogen and oxygen atoms in total. The molecule has 1 heterocycles. The molecule has 2 saturated carbocycles. The number of aromatic nitrogens is 2. The average Bonchev–Trinajstić information content (AvgIpc) is 2.81. The zero-order valence-electron chi connectivity index (χ0n) is 7.66. The van der Waals surface area contributed by atoms with Crippen LogP contribution in [0.1, 0.15) is 48.8 Å². The van der Waals surface area contributed by atoms with Crippen molar-refractivity contribution >= 4 is 0 Å². The van der Waals surface area contributed by atoms with Gasteiger partial charge >= 0.3 is 0 Å². The van der Waals surface area contributed by atoms with Gasteiger partial charge in [0.1, 0.15) is 0 Å². The Kier molecular flexibility index (Phi) is 1.02. The predicted molar refractivity (Wildman–Crippen MR) is 49.5 cm³/mol. The Morgan fingerprint density at radius 3 is 3.00 bits per heavy atom. The molecule has 3 aliphatic carbocycles. The van der Waals surface area contributed by atoms with E-state index in [1.54, 1.807) is 5.56 Å². The third kappa shape index (κ3) is 0.618. The van der Waals surface area contributed by atoms with E-state index in [-0.39, 0.29) is 0 Å². The number of hydrogen-bond acceptors (Lipinski definition) is 1. The van der Waals surface area contributed by atoms with E-state index >= 15 is 0 Å². The fourth-order valence-corrected chi connectivity index (χ4v) is 4.23. The van der Waals surface area contributed by atoms with Crippen LogP contribution in [0.2, 0.25) is 0 Å². The largest absolute Gasteiger partial charge is 0.282 e. The van der Waals surface area contributed by atoms with Crippen molar-refractivity contribution in [1.82, 2.24) is 10.2 Å². The Morgan fingerprint density at radius 2 is 2.08 bits per heavy atom. The lowest BCUT2D eigenvalue weighted by Gasteiger charge is -2.23. The Morgan fingerprint density at radius 1 is 1.23 bits per heavy atom. The van der Waals surface area contributed by atoms with Crippen LogP contribution < -0.4 is 0 Å². The molecule has 2 bridgehead atoms. The van der Waals surface area contributed by atoms with Crippen LogP contribution in [0.4, 0.5) is 0 Å². The molecule has 13 heavy (non-hydrogen) atoms. The van der Waals surface area contributed by atoms with Gasteiger partial charge in [0.15, 0.2) is 0 Å². The molecule has 0 unspecified atom stereocenters. The predicted octanol–water partition coefficient (Wildman–Crippen LogP) is 2.41. The highest BCUT2D eigenvalue weighted by atomic mass is 15.1. The van der Waals surface area contributed by atoms with E-state index in [0.717, 1.165) is 23.7 Å². The number of hydrogen-bond donors (Lipinski definition) is 1. The van der Waals surface area contributed by atoms with Gasteiger partial charge in [-0.3, -0.25) is 5.10 Å². The summed E-state index contributed by atoms with van der Waals surface area (Å²) >= 11 is 0. The summed E-state index contributed by atoms with van der Waals surface area (Å²) in [6.07, 6.45) is 7.94. The van der Waals surface area contributed by atoms with Crippen LogP contribution in [-0.2, 0) is 0 Å². The number of aromatic amines is 1. The van der Waals surface area contributed by atoms with Crippen LogP contribution in [0, 0.1) is 11.8 Å². The average molecular weight is 174 g/mol. The topological polar surface area (TPSA) is 28.7 Å². The minimum Gasteiger partial charge on any atom is -0.282 e. The lowest BCUT2D eigenvalue weighted by Crippen LogP contribution is -2.15. The summed E-state index contributed by atoms with van der Waals surface area (Å²) in [7, 11) is 0. The first-order valence-corrected chi connectivity index (χ1v) is 5.48. The molecule has 0 aromatic carbocycles. The molecule has 1 N–H and O–H groups in total. The van der Waals surface area contributed by atoms with Crippen LogP contribution in [0.25, 0.3) is 0 Å². The molecule has 68 valence electrons. The van der Waals surface area contributed by atoms with Crippen molar-refractivity contribution in [2.75, 3.05) is 0 Å². The Bertz CT molecular complexity index is 324. The van der Waals surface area contributed by atoms with Gasteiger partial charge in [-0.05, 0) is 42.6 Å². The minimum absolute atomic E-state index is 0.856. The smallest absolute Gasteiger partial charge is 0.0525 e. The first-order valence-electron chi connectivity index (χ1n) is 5.48. The lowest BCUT2D eigenvalue weighted by molar-refractivity contribution is 0.378. The Labute approximate surface area is 77.7 Å². The first kappa shape index (κ1) is 6.63. The van der Waals surface area contributed by atoms with E-state index < -0.39 is 0 Å². The third-order valence-electron chi connectivity index (χ3n) is 4.64. The quantitative estimate of drug-likeness (QED) is 0.643. The summed E-state index contributed by atoms with van der Waals surface area (Å²) in [6.45, 7) is 0. The molecule has 0 aliphatic heterocycles. The highest BCUT2D eigenvalue weighted by Gasteiger charge is 2.53. The van der Waals surface area contributed by atoms with Gasteiger partial charge in [0, 0.05) is 11.6 Å². The number of fused-ring (bicyclic) bond motifs is 8. The number of H-pyrrole nitrogens is 1. The number of rotatable bonds is 0. The van der Waals surface area contributed by atoms with Crippen LogP contribution in [0.5, 0.6) is 0 Å². The molecule has 0 amide bonds. The van der Waals surface area contributed by atoms with Crippen LogP contribution in [-0.4, -0.2) is 10.2 Å². The van der Waals surface area contributed by atoms with Gasteiger partial charge in [-0.15, -0.1) is 0 Å². The fourth-order valence-electron chi connectivity index (χ4n) is 4.23. The number of nitrogens with one attached hydrogen (secondary N) is 1. The Hall–Kier alpha value is -0.790. The van der Waals surface area contributed by atoms with E-state index in [9.17, 15) is 0 Å². The molecule has 0 spiro atoms. The summed E-state index contributed by atoms with van der Waals surface area (Å²) in [6, 6.07) is 0. The Balaban J connectivity index is 1.90. The van der Waals surface area contributed by atoms with Crippen molar-refractivity contribution < 1.29 is 0 Å². The highest BCUT2D eigenvalue weighted by molar-refractivity contribution is 5.37. The first-order chi connectivity index (χ1) is 6.45. The zero-order chi connectivity index (χ0) is 8.41. The standard InChI is InChI=1S/C11H14N2/c1-2-6-7(3-1)9-4-8(6)10-5-12-13-11(9)10/h5-9H,1-4H2,(H,12,13)/t6-,7+,8-,9+/m0/s1. The second-order valence-electron chi connectivity index (χ2n) is 4.95. The van der Waals surface area contributed by atoms with Crippen molar-refractivity contribution in [1.29, 1.82) is 0 Å². The van der Waals surface area contributed by atoms with Gasteiger partial charge in [-0.2, -0.15) is 5.10 Å². The highest BCUT2D eigenvalue weighted by Crippen LogP contribution is 2.63. The van der Waals surface area contributed by atoms with Crippen molar-refractivity contribution in [2.45, 2.75) is 37.5 Å². The molecule has 0 saturated heterocycles. The van der Waals surface area contributed by atoms with Gasteiger partial charge in [0.2, 0.25) is 0 Å². The molecule has 0 radical (unpaired) electrons. The normalized spacial score (nSPS) is 45.2. The summed E-state index contributed by atoms with van der Waals surface area (Å²) < 4.78 is 0. The minimum atomic E-state index is 0.856. The van der Waals surface area contributed by atoms with Crippen molar-refractivity contribution in [3.63, 3.8) is 0 Å². The van der Waals surface area contributed by atoms with Gasteiger partial charge < -0.3 is 0 Å². The monoisotopic (exact) mass is 174 g/mol. The maximum atomic E-state index is 4.19. The third-order valence-corrected chi connectivity index (χ3v) is 4.64. The summed E-state index contributed by atoms with van der Waals surface area (Å²) in [5, 5.41) is 7.40. The van der Waals surface area contributed by atoms with E-state index in [1.165, 1.54) is 31.4 Å². The molecule has 2 heteroatoms. The maximum Gasteiger partial charge on any atom is 0.0525 e. The van der Waals surface area contributed by atoms with E-state index in [1.807, 2.05) is 0 Å². The summed E-state index contributed by atoms with van der Waals surface area (Å²) in [5.74, 6) is 3.77. The summed E-state index contributed by atoms with van der Waals surface area (Å²) in [4.78, 5) is 0. The van der Waals surface area contributed by atoms with Crippen molar-refractivity contribution in [2.24, 2.45) is 11.8 Å². The lowest BCUT2D eigenvalue weighted by atomic mass is 9.81. The van der Waals surface area contributed by atoms with Gasteiger partial charge in [-0.25, -0.2) is 0 Å². The summed E-state index contributed by atoms with van der Waals surface area (Å²) in [5.41, 5.74) is 3.06. The maximum absolute atomic E-state index is 4.19. The van der Waals surface area contributed by atoms with E-state index in [0.29, 0.717) is 0 Å². The van der Waals surface area contributed by atoms with E-state index in [4.69, 9.17) is 0 Å². The van der Waals surface area contributed by atoms with Crippen LogP contribution >= 0.6 is 0 Å².